The first kappa shape index (κ1) is 21.0. The number of para-hydroxylation sites is 1. The smallest absolute Gasteiger partial charge is 0.223 e. The number of hydrogen-bond donors (Lipinski definition) is 2. The highest BCUT2D eigenvalue weighted by Gasteiger charge is 2.42. The summed E-state index contributed by atoms with van der Waals surface area (Å²) in [6, 6.07) is 9.16. The van der Waals surface area contributed by atoms with Crippen molar-refractivity contribution in [3.63, 3.8) is 0 Å². The Morgan fingerprint density at radius 2 is 2.07 bits per heavy atom. The molecule has 0 spiro atoms. The van der Waals surface area contributed by atoms with Crippen LogP contribution in [0.5, 0.6) is 0 Å². The van der Waals surface area contributed by atoms with E-state index in [-0.39, 0.29) is 28.7 Å². The number of furan rings is 1. The number of carbonyl (C=O) groups excluding carboxylic acids is 2. The van der Waals surface area contributed by atoms with Crippen LogP contribution in [0.1, 0.15) is 44.3 Å². The number of nitrogens with zero attached hydrogens (tertiary/aromatic N) is 1. The quantitative estimate of drug-likeness (QED) is 0.494. The number of thiocarbonyl (C=S) groups is 1. The lowest BCUT2D eigenvalue weighted by Crippen LogP contribution is -2.47. The Bertz CT molecular complexity index is 907. The van der Waals surface area contributed by atoms with Gasteiger partial charge in [-0.05, 0) is 63.0 Å². The zero-order valence-corrected chi connectivity index (χ0v) is 17.8. The zero-order valence-electron chi connectivity index (χ0n) is 17.0. The molecule has 3 atom stereocenters. The number of fused-ring (bicyclic) bond motifs is 1. The van der Waals surface area contributed by atoms with Crippen LogP contribution in [0.3, 0.4) is 0 Å². The van der Waals surface area contributed by atoms with Crippen LogP contribution >= 0.6 is 12.2 Å². The average Bonchev–Trinajstić information content (AvgIpc) is 3.48. The molecule has 0 bridgehead atoms. The van der Waals surface area contributed by atoms with Crippen LogP contribution in [0.25, 0.3) is 11.0 Å². The highest BCUT2D eigenvalue weighted by molar-refractivity contribution is 7.80. The van der Waals surface area contributed by atoms with Gasteiger partial charge in [0.25, 0.3) is 0 Å². The standard InChI is InChI=1S/C23H28N2O4S/c26-20(10-4-2-7-16-14-15-6-1-3-9-19(15)29-16)25-13-5-8-18(25)22(27)17-11-12-24-21(17)23(28)30/h1,3,6,9,14,17-18,21,24H,2,4-5,7-8,10-13H2,(H,28,30)/t17?,18-,21-/m0/s1. The molecule has 30 heavy (non-hydrogen) atoms. The number of nitrogens with one attached hydrogen (secondary N) is 1. The third-order valence-corrected chi connectivity index (χ3v) is 6.55. The van der Waals surface area contributed by atoms with E-state index >= 15 is 0 Å². The summed E-state index contributed by atoms with van der Waals surface area (Å²) in [5, 5.41) is 13.7. The summed E-state index contributed by atoms with van der Waals surface area (Å²) < 4.78 is 5.83. The molecule has 0 radical (unpaired) electrons. The van der Waals surface area contributed by atoms with Crippen molar-refractivity contribution >= 4 is 39.9 Å². The number of aliphatic hydroxyl groups excluding tert-OH is 1. The number of benzene rings is 1. The van der Waals surface area contributed by atoms with Gasteiger partial charge in [-0.3, -0.25) is 9.59 Å². The Morgan fingerprint density at radius 3 is 2.87 bits per heavy atom. The number of carbonyl (C=O) groups is 2. The van der Waals surface area contributed by atoms with Gasteiger partial charge in [-0.15, -0.1) is 0 Å². The maximum Gasteiger partial charge on any atom is 0.223 e. The molecule has 1 aromatic carbocycles. The van der Waals surface area contributed by atoms with Gasteiger partial charge in [0.2, 0.25) is 5.91 Å². The normalized spacial score (nSPS) is 23.9. The van der Waals surface area contributed by atoms with Gasteiger partial charge in [0.05, 0.1) is 12.1 Å². The molecule has 2 N–H and O–H groups in total. The van der Waals surface area contributed by atoms with Crippen LogP contribution in [0.4, 0.5) is 0 Å². The molecule has 1 amide bonds. The van der Waals surface area contributed by atoms with E-state index in [1.165, 1.54) is 0 Å². The molecule has 1 unspecified atom stereocenters. The first-order valence-electron chi connectivity index (χ1n) is 10.8. The molecule has 2 aromatic rings. The topological polar surface area (TPSA) is 82.8 Å². The lowest BCUT2D eigenvalue weighted by atomic mass is 9.90. The molecule has 2 fully saturated rings. The van der Waals surface area contributed by atoms with Gasteiger partial charge in [0.15, 0.2) is 10.8 Å². The Hall–Kier alpha value is -2.25. The van der Waals surface area contributed by atoms with Crippen molar-refractivity contribution in [1.82, 2.24) is 10.2 Å². The fourth-order valence-electron chi connectivity index (χ4n) is 4.76. The summed E-state index contributed by atoms with van der Waals surface area (Å²) in [6.45, 7) is 1.29. The fraction of sp³-hybridized carbons (Fsp3) is 0.522. The van der Waals surface area contributed by atoms with Crippen LogP contribution in [-0.2, 0) is 16.0 Å². The van der Waals surface area contributed by atoms with Gasteiger partial charge in [-0.1, -0.05) is 18.2 Å². The first-order chi connectivity index (χ1) is 14.5. The van der Waals surface area contributed by atoms with Crippen LogP contribution < -0.4 is 5.32 Å². The predicted molar refractivity (Wildman–Crippen MR) is 119 cm³/mol. The summed E-state index contributed by atoms with van der Waals surface area (Å²) in [7, 11) is 0. The van der Waals surface area contributed by atoms with Crippen LogP contribution in [0.15, 0.2) is 34.7 Å². The number of unbranched alkanes of at least 4 members (excludes halogenated alkanes) is 1. The molecule has 0 saturated carbocycles. The lowest BCUT2D eigenvalue weighted by Gasteiger charge is -2.27. The van der Waals surface area contributed by atoms with E-state index in [0.717, 1.165) is 42.4 Å². The van der Waals surface area contributed by atoms with Gasteiger partial charge < -0.3 is 19.7 Å². The van der Waals surface area contributed by atoms with Gasteiger partial charge in [0, 0.05) is 30.7 Å². The lowest BCUT2D eigenvalue weighted by molar-refractivity contribution is -0.139. The SMILES string of the molecule is O=C(C1CCN[C@@H]1C(O)=S)[C@@H]1CCCN1C(=O)CCCCc1cc2ccccc2o1. The van der Waals surface area contributed by atoms with E-state index < -0.39 is 6.04 Å². The number of likely N-dealkylation sites (tertiary alicyclic amines) is 1. The Balaban J connectivity index is 1.28. The molecule has 3 heterocycles. The van der Waals surface area contributed by atoms with E-state index in [9.17, 15) is 14.7 Å². The summed E-state index contributed by atoms with van der Waals surface area (Å²) in [5.41, 5.74) is 0.893. The van der Waals surface area contributed by atoms with Crippen molar-refractivity contribution < 1.29 is 19.1 Å². The van der Waals surface area contributed by atoms with E-state index in [1.54, 1.807) is 4.90 Å². The van der Waals surface area contributed by atoms with Gasteiger partial charge in [-0.2, -0.15) is 0 Å². The minimum absolute atomic E-state index is 0.0366. The minimum Gasteiger partial charge on any atom is -0.501 e. The van der Waals surface area contributed by atoms with E-state index in [1.807, 2.05) is 24.3 Å². The molecule has 1 aromatic heterocycles. The summed E-state index contributed by atoms with van der Waals surface area (Å²) in [6.07, 6.45) is 5.07. The molecule has 2 saturated heterocycles. The van der Waals surface area contributed by atoms with Crippen molar-refractivity contribution in [1.29, 1.82) is 0 Å². The third-order valence-electron chi connectivity index (χ3n) is 6.30. The van der Waals surface area contributed by atoms with Crippen molar-refractivity contribution in [3.05, 3.63) is 36.1 Å². The van der Waals surface area contributed by atoms with Crippen LogP contribution in [-0.4, -0.2) is 51.9 Å². The molecule has 7 heteroatoms. The monoisotopic (exact) mass is 428 g/mol. The van der Waals surface area contributed by atoms with E-state index in [4.69, 9.17) is 16.6 Å². The molecule has 160 valence electrons. The number of rotatable bonds is 8. The number of ketones is 1. The zero-order chi connectivity index (χ0) is 21.1. The summed E-state index contributed by atoms with van der Waals surface area (Å²) in [4.78, 5) is 27.6. The Labute approximate surface area is 181 Å². The second-order valence-electron chi connectivity index (χ2n) is 8.27. The van der Waals surface area contributed by atoms with Crippen molar-refractivity contribution in [2.75, 3.05) is 13.1 Å². The minimum atomic E-state index is -0.464. The van der Waals surface area contributed by atoms with Crippen molar-refractivity contribution in [2.45, 2.75) is 57.0 Å². The van der Waals surface area contributed by atoms with Crippen molar-refractivity contribution in [3.8, 4) is 0 Å². The molecular formula is C23H28N2O4S. The van der Waals surface area contributed by atoms with E-state index in [2.05, 4.69) is 11.4 Å². The van der Waals surface area contributed by atoms with Gasteiger partial charge in [-0.25, -0.2) is 0 Å². The maximum atomic E-state index is 13.1. The maximum absolute atomic E-state index is 13.1. The number of amides is 1. The number of Topliss-reactive ketones (excluding diaryl/α,β-unsaturated/α-hetero) is 1. The molecule has 2 aliphatic rings. The Morgan fingerprint density at radius 1 is 1.23 bits per heavy atom. The molecular weight excluding hydrogens is 400 g/mol. The third kappa shape index (κ3) is 4.42. The van der Waals surface area contributed by atoms with Gasteiger partial charge in [0.1, 0.15) is 11.3 Å². The molecule has 0 aliphatic carbocycles. The second kappa shape index (κ2) is 9.27. The largest absolute Gasteiger partial charge is 0.501 e. The first-order valence-corrected chi connectivity index (χ1v) is 11.2. The molecule has 6 nitrogen and oxygen atoms in total. The predicted octanol–water partition coefficient (Wildman–Crippen LogP) is 3.57. The number of aryl methyl sites for hydroxylation is 1. The number of aliphatic hydroxyl groups is 1. The summed E-state index contributed by atoms with van der Waals surface area (Å²) in [5.74, 6) is 0.686. The molecule has 2 aliphatic heterocycles. The second-order valence-corrected chi connectivity index (χ2v) is 8.69. The van der Waals surface area contributed by atoms with Crippen LogP contribution in [0, 0.1) is 5.92 Å². The molecule has 4 rings (SSSR count). The Kier molecular flexibility index (Phi) is 6.49. The highest BCUT2D eigenvalue weighted by atomic mass is 32.1. The van der Waals surface area contributed by atoms with Gasteiger partial charge >= 0.3 is 0 Å². The highest BCUT2D eigenvalue weighted by Crippen LogP contribution is 2.27. The number of hydrogen-bond acceptors (Lipinski definition) is 5. The summed E-state index contributed by atoms with van der Waals surface area (Å²) >= 11 is 4.89. The van der Waals surface area contributed by atoms with E-state index in [0.29, 0.717) is 32.4 Å². The fourth-order valence-corrected chi connectivity index (χ4v) is 5.00. The van der Waals surface area contributed by atoms with Crippen LogP contribution in [0.2, 0.25) is 0 Å². The van der Waals surface area contributed by atoms with Crippen molar-refractivity contribution in [2.24, 2.45) is 5.92 Å². The average molecular weight is 429 g/mol.